The Morgan fingerprint density at radius 2 is 0.806 bits per heavy atom. The third kappa shape index (κ3) is 3.07. The fourth-order valence-corrected chi connectivity index (χ4v) is 3.43. The number of Topliss-reactive ketones (excluding diaryl/α,β-unsaturated/α-hetero) is 2. The second-order valence-corrected chi connectivity index (χ2v) is 6.91. The first-order valence-electron chi connectivity index (χ1n) is 9.01. The van der Waals surface area contributed by atoms with Gasteiger partial charge in [-0.15, -0.1) is 0 Å². The molecule has 0 saturated carbocycles. The maximum Gasteiger partial charge on any atom is 0.236 e. The molecule has 0 amide bonds. The molecule has 1 aliphatic rings. The second kappa shape index (κ2) is 8.20. The van der Waals surface area contributed by atoms with Gasteiger partial charge in [-0.1, -0.05) is 0 Å². The van der Waals surface area contributed by atoms with Crippen LogP contribution in [-0.4, -0.2) is 18.7 Å². The van der Waals surface area contributed by atoms with Crippen LogP contribution in [0.4, 0.5) is 48.3 Å². The van der Waals surface area contributed by atoms with E-state index in [-0.39, 0.29) is 0 Å². The Labute approximate surface area is 190 Å². The van der Waals surface area contributed by atoms with Crippen molar-refractivity contribution < 1.29 is 67.4 Å². The zero-order chi connectivity index (χ0) is 27.0. The van der Waals surface area contributed by atoms with Crippen LogP contribution in [0, 0.1) is 64.0 Å². The van der Waals surface area contributed by atoms with Gasteiger partial charge in [0.05, 0.1) is 29.0 Å². The Balaban J connectivity index is 2.08. The topological polar surface area (TPSA) is 52.6 Å². The zero-order valence-electron chi connectivity index (χ0n) is 16.8. The Kier molecular flexibility index (Phi) is 5.68. The summed E-state index contributed by atoms with van der Waals surface area (Å²) in [5.41, 5.74) is -3.54. The Bertz CT molecular complexity index is 1590. The van der Waals surface area contributed by atoms with Crippen molar-refractivity contribution in [1.29, 1.82) is 0 Å². The monoisotopic (exact) mass is 528 g/mol. The highest BCUT2D eigenvalue weighted by atomic mass is 19.2. The van der Waals surface area contributed by atoms with E-state index in [9.17, 15) is 57.9 Å². The van der Waals surface area contributed by atoms with Crippen LogP contribution in [-0.2, 0) is 4.74 Å². The van der Waals surface area contributed by atoms with E-state index in [1.54, 1.807) is 0 Å². The number of carbonyl (C=O) groups is 2. The molecule has 15 heteroatoms. The highest BCUT2D eigenvalue weighted by molar-refractivity contribution is 6.25. The second-order valence-electron chi connectivity index (χ2n) is 6.91. The maximum absolute atomic E-state index is 14.6. The molecule has 4 rings (SSSR count). The minimum absolute atomic E-state index is 0.567. The first kappa shape index (κ1) is 24.9. The molecule has 0 radical (unpaired) electrons. The van der Waals surface area contributed by atoms with Gasteiger partial charge >= 0.3 is 0 Å². The van der Waals surface area contributed by atoms with E-state index < -0.39 is 115 Å². The summed E-state index contributed by atoms with van der Waals surface area (Å²) in [6, 6.07) is 0. The van der Waals surface area contributed by atoms with Gasteiger partial charge in [0, 0.05) is 0 Å². The first-order chi connectivity index (χ1) is 16.8. The van der Waals surface area contributed by atoms with Crippen LogP contribution in [0.1, 0.15) is 20.7 Å². The molecule has 0 saturated heterocycles. The van der Waals surface area contributed by atoms with E-state index in [0.717, 1.165) is 0 Å². The van der Waals surface area contributed by atoms with Crippen LogP contribution in [0.25, 0.3) is 10.8 Å². The minimum atomic E-state index is -2.67. The van der Waals surface area contributed by atoms with Crippen LogP contribution in [0.5, 0.6) is 5.75 Å². The van der Waals surface area contributed by atoms with Crippen molar-refractivity contribution in [2.45, 2.75) is 0 Å². The van der Waals surface area contributed by atoms with Gasteiger partial charge < -0.3 is 9.47 Å². The fraction of sp³-hybridized carbons (Fsp3) is 0.0476. The van der Waals surface area contributed by atoms with E-state index in [0.29, 0.717) is 7.11 Å². The van der Waals surface area contributed by atoms with E-state index in [4.69, 9.17) is 0 Å². The zero-order valence-corrected chi connectivity index (χ0v) is 16.8. The van der Waals surface area contributed by atoms with Gasteiger partial charge in [0.2, 0.25) is 28.9 Å². The number of hydrogen-bond donors (Lipinski definition) is 0. The summed E-state index contributed by atoms with van der Waals surface area (Å²) in [7, 11) is 0.567. The summed E-state index contributed by atoms with van der Waals surface area (Å²) < 4.78 is 164. The van der Waals surface area contributed by atoms with Crippen LogP contribution < -0.4 is 4.74 Å². The maximum atomic E-state index is 14.6. The van der Waals surface area contributed by atoms with Gasteiger partial charge in [0.25, 0.3) is 0 Å². The molecular weight excluding hydrogens is 525 g/mol. The average molecular weight is 528 g/mol. The van der Waals surface area contributed by atoms with Crippen LogP contribution in [0.15, 0.2) is 11.5 Å². The van der Waals surface area contributed by atoms with E-state index in [1.165, 1.54) is 0 Å². The van der Waals surface area contributed by atoms with Gasteiger partial charge in [0.15, 0.2) is 63.9 Å². The predicted octanol–water partition coefficient (Wildman–Crippen LogP) is 5.69. The molecule has 0 spiro atoms. The van der Waals surface area contributed by atoms with Crippen LogP contribution in [0.3, 0.4) is 0 Å². The lowest BCUT2D eigenvalue weighted by Crippen LogP contribution is -2.30. The van der Waals surface area contributed by atoms with E-state index in [2.05, 4.69) is 9.47 Å². The lowest BCUT2D eigenvalue weighted by molar-refractivity contribution is 0.0852. The summed E-state index contributed by atoms with van der Waals surface area (Å²) >= 11 is 0. The minimum Gasteiger partial charge on any atom is -0.489 e. The molecule has 3 aromatic carbocycles. The van der Waals surface area contributed by atoms with E-state index in [1.807, 2.05) is 0 Å². The molecule has 0 heterocycles. The molecule has 0 aliphatic heterocycles. The van der Waals surface area contributed by atoms with Gasteiger partial charge in [-0.3, -0.25) is 9.59 Å². The fourth-order valence-electron chi connectivity index (χ4n) is 3.43. The van der Waals surface area contributed by atoms with Crippen molar-refractivity contribution in [3.63, 3.8) is 0 Å². The number of carbonyl (C=O) groups excluding carboxylic acids is 2. The van der Waals surface area contributed by atoms with Crippen molar-refractivity contribution in [2.24, 2.45) is 0 Å². The van der Waals surface area contributed by atoms with Crippen molar-refractivity contribution in [1.82, 2.24) is 0 Å². The third-order valence-electron chi connectivity index (χ3n) is 5.05. The molecule has 0 fully saturated rings. The van der Waals surface area contributed by atoms with Crippen LogP contribution in [0.2, 0.25) is 0 Å². The summed E-state index contributed by atoms with van der Waals surface area (Å²) in [6.45, 7) is 0. The van der Waals surface area contributed by atoms with Crippen molar-refractivity contribution >= 4 is 22.3 Å². The molecule has 4 nitrogen and oxygen atoms in total. The molecule has 0 atom stereocenters. The van der Waals surface area contributed by atoms with E-state index >= 15 is 0 Å². The molecule has 1 aliphatic carbocycles. The molecule has 0 bridgehead atoms. The molecule has 0 N–H and O–H groups in total. The number of allylic oxidation sites excluding steroid dienone is 2. The van der Waals surface area contributed by atoms with Gasteiger partial charge in [0.1, 0.15) is 0 Å². The number of halogens is 11. The lowest BCUT2D eigenvalue weighted by atomic mass is 9.90. The van der Waals surface area contributed by atoms with Crippen molar-refractivity contribution in [2.75, 3.05) is 7.11 Å². The highest BCUT2D eigenvalue weighted by Gasteiger charge is 2.44. The number of ketones is 2. The van der Waals surface area contributed by atoms with Gasteiger partial charge in [-0.25, -0.2) is 43.9 Å². The number of rotatable bonds is 3. The summed E-state index contributed by atoms with van der Waals surface area (Å²) in [5, 5.41) is -4.01. The smallest absolute Gasteiger partial charge is 0.236 e. The van der Waals surface area contributed by atoms with Gasteiger partial charge in [-0.2, -0.15) is 4.39 Å². The number of methoxy groups -OCH3 is 1. The molecule has 3 aromatic rings. The number of ether oxygens (including phenoxy) is 2. The Morgan fingerprint density at radius 3 is 1.25 bits per heavy atom. The molecule has 188 valence electrons. The third-order valence-corrected chi connectivity index (χ3v) is 5.05. The van der Waals surface area contributed by atoms with Crippen molar-refractivity contribution in [3.8, 4) is 5.75 Å². The normalized spacial score (nSPS) is 13.6. The number of benzene rings is 3. The molecule has 0 unspecified atom stereocenters. The van der Waals surface area contributed by atoms with Crippen LogP contribution >= 0.6 is 0 Å². The number of fused-ring (bicyclic) bond motifs is 2. The molecule has 36 heavy (non-hydrogen) atoms. The first-order valence-corrected chi connectivity index (χ1v) is 9.01. The quantitative estimate of drug-likeness (QED) is 0.249. The molecular formula is C21H3F11O4. The highest BCUT2D eigenvalue weighted by Crippen LogP contribution is 2.41. The van der Waals surface area contributed by atoms with Crippen molar-refractivity contribution in [3.05, 3.63) is 86.6 Å². The lowest BCUT2D eigenvalue weighted by Gasteiger charge is -2.22. The largest absolute Gasteiger partial charge is 0.489 e. The summed E-state index contributed by atoms with van der Waals surface area (Å²) in [5.74, 6) is -37.5. The standard InChI is InChI=1S/C21H3F11O4/c1-35-20-17(33)3-4(9(25)13(29)12(28)8(3)24)18(34)21(20)36-19-5-2(7(23)15(31)16(19)32)6(22)11(27)14(30)10(5)26/h1H3. The Morgan fingerprint density at radius 1 is 0.444 bits per heavy atom. The average Bonchev–Trinajstić information content (AvgIpc) is 2.85. The predicted molar refractivity (Wildman–Crippen MR) is 93.3 cm³/mol. The Hall–Kier alpha value is -4.17. The summed E-state index contributed by atoms with van der Waals surface area (Å²) in [4.78, 5) is 25.3. The SMILES string of the molecule is COC1=C(Oc2c(F)c(F)c(F)c3c(F)c(F)c(F)c(F)c23)C(=O)c2c(F)c(F)c(F)c(F)c2C1=O. The molecule has 0 aromatic heterocycles. The summed E-state index contributed by atoms with van der Waals surface area (Å²) in [6.07, 6.45) is 0. The number of hydrogen-bond acceptors (Lipinski definition) is 4. The van der Waals surface area contributed by atoms with Gasteiger partial charge in [-0.05, 0) is 0 Å².